The van der Waals surface area contributed by atoms with Crippen molar-refractivity contribution < 1.29 is 0 Å². The summed E-state index contributed by atoms with van der Waals surface area (Å²) >= 11 is 0. The number of hydrogen-bond acceptors (Lipinski definition) is 4. The Morgan fingerprint density at radius 3 is 2.64 bits per heavy atom. The van der Waals surface area contributed by atoms with E-state index in [-0.39, 0.29) is 24.0 Å². The van der Waals surface area contributed by atoms with E-state index in [0.717, 1.165) is 29.9 Å². The maximum Gasteiger partial charge on any atom is 0.191 e. The zero-order valence-electron chi connectivity index (χ0n) is 17.4. The number of likely N-dealkylation sites (tertiary alicyclic amines) is 1. The summed E-state index contributed by atoms with van der Waals surface area (Å²) in [7, 11) is 1.81. The maximum absolute atomic E-state index is 4.37. The molecule has 1 fully saturated rings. The van der Waals surface area contributed by atoms with E-state index in [1.807, 2.05) is 35.8 Å². The van der Waals surface area contributed by atoms with Crippen LogP contribution in [0.2, 0.25) is 0 Å². The Kier molecular flexibility index (Phi) is 8.94. The summed E-state index contributed by atoms with van der Waals surface area (Å²) in [5.41, 5.74) is 0.858. The number of piperidine rings is 1. The van der Waals surface area contributed by atoms with Gasteiger partial charge in [-0.1, -0.05) is 26.8 Å². The van der Waals surface area contributed by atoms with Crippen LogP contribution in [0.25, 0.3) is 5.65 Å². The van der Waals surface area contributed by atoms with Crippen LogP contribution in [0.1, 0.15) is 39.4 Å². The van der Waals surface area contributed by atoms with Crippen molar-refractivity contribution in [2.24, 2.45) is 16.8 Å². The molecular formula is C20H34IN7. The van der Waals surface area contributed by atoms with Crippen LogP contribution in [0.5, 0.6) is 0 Å². The standard InChI is InChI=1S/C20H33N7.HI/c1-15(2)17(26-11-8-16(3)9-12-26)13-22-20(21-4)23-14-19-25-24-18-7-5-6-10-27(18)19;/h5-7,10,15-17H,8-9,11-14H2,1-4H3,(H2,21,22,23);1H. The van der Waals surface area contributed by atoms with E-state index in [1.54, 1.807) is 0 Å². The van der Waals surface area contributed by atoms with Crippen molar-refractivity contribution in [3.63, 3.8) is 0 Å². The molecule has 0 aliphatic carbocycles. The van der Waals surface area contributed by atoms with Gasteiger partial charge in [0, 0.05) is 25.8 Å². The lowest BCUT2D eigenvalue weighted by atomic mass is 9.94. The van der Waals surface area contributed by atoms with Crippen molar-refractivity contribution in [3.8, 4) is 0 Å². The highest BCUT2D eigenvalue weighted by Gasteiger charge is 2.25. The van der Waals surface area contributed by atoms with Gasteiger partial charge in [0.05, 0.1) is 6.54 Å². The van der Waals surface area contributed by atoms with E-state index < -0.39 is 0 Å². The number of nitrogens with one attached hydrogen (secondary N) is 2. The number of aromatic nitrogens is 3. The van der Waals surface area contributed by atoms with E-state index in [4.69, 9.17) is 0 Å². The van der Waals surface area contributed by atoms with Crippen LogP contribution in [-0.2, 0) is 6.54 Å². The van der Waals surface area contributed by atoms with Gasteiger partial charge in [0.25, 0.3) is 0 Å². The zero-order chi connectivity index (χ0) is 19.2. The fourth-order valence-corrected chi connectivity index (χ4v) is 3.74. The first-order chi connectivity index (χ1) is 13.1. The molecule has 156 valence electrons. The van der Waals surface area contributed by atoms with Gasteiger partial charge in [-0.2, -0.15) is 0 Å². The lowest BCUT2D eigenvalue weighted by molar-refractivity contribution is 0.110. The van der Waals surface area contributed by atoms with Gasteiger partial charge in [-0.05, 0) is 49.9 Å². The molecule has 1 aliphatic heterocycles. The number of guanidine groups is 1. The van der Waals surface area contributed by atoms with Crippen LogP contribution in [0.4, 0.5) is 0 Å². The minimum atomic E-state index is 0. The summed E-state index contributed by atoms with van der Waals surface area (Å²) in [4.78, 5) is 7.01. The van der Waals surface area contributed by atoms with Crippen molar-refractivity contribution in [1.82, 2.24) is 30.1 Å². The molecule has 8 heteroatoms. The van der Waals surface area contributed by atoms with Crippen molar-refractivity contribution >= 4 is 35.6 Å². The molecule has 2 aromatic heterocycles. The predicted octanol–water partition coefficient (Wildman–Crippen LogP) is 2.77. The first-order valence-corrected chi connectivity index (χ1v) is 10.1. The number of fused-ring (bicyclic) bond motifs is 1. The fourth-order valence-electron chi connectivity index (χ4n) is 3.74. The normalized spacial score (nSPS) is 17.5. The van der Waals surface area contributed by atoms with E-state index in [9.17, 15) is 0 Å². The largest absolute Gasteiger partial charge is 0.355 e. The summed E-state index contributed by atoms with van der Waals surface area (Å²) in [6.45, 7) is 10.9. The molecule has 1 atom stereocenters. The van der Waals surface area contributed by atoms with Crippen LogP contribution in [-0.4, -0.2) is 58.2 Å². The van der Waals surface area contributed by atoms with Gasteiger partial charge >= 0.3 is 0 Å². The van der Waals surface area contributed by atoms with Gasteiger partial charge in [-0.3, -0.25) is 14.3 Å². The van der Waals surface area contributed by atoms with E-state index in [2.05, 4.69) is 51.5 Å². The molecule has 0 aromatic carbocycles. The molecule has 0 spiro atoms. The summed E-state index contributed by atoms with van der Waals surface area (Å²) in [6.07, 6.45) is 4.58. The Hall–Kier alpha value is -1.42. The quantitative estimate of drug-likeness (QED) is 0.364. The van der Waals surface area contributed by atoms with Gasteiger partial charge in [0.1, 0.15) is 0 Å². The third kappa shape index (κ3) is 5.79. The number of aliphatic imine (C=N–C) groups is 1. The number of rotatable bonds is 6. The summed E-state index contributed by atoms with van der Waals surface area (Å²) in [5.74, 6) is 3.14. The van der Waals surface area contributed by atoms with E-state index in [1.165, 1.54) is 25.9 Å². The highest BCUT2D eigenvalue weighted by molar-refractivity contribution is 14.0. The number of hydrogen-bond donors (Lipinski definition) is 2. The molecule has 1 unspecified atom stereocenters. The van der Waals surface area contributed by atoms with Crippen molar-refractivity contribution in [1.29, 1.82) is 0 Å². The Morgan fingerprint density at radius 2 is 1.96 bits per heavy atom. The number of halogens is 1. The molecule has 2 N–H and O–H groups in total. The number of nitrogens with zero attached hydrogens (tertiary/aromatic N) is 5. The molecular weight excluding hydrogens is 465 g/mol. The van der Waals surface area contributed by atoms with Crippen LogP contribution < -0.4 is 10.6 Å². The molecule has 0 radical (unpaired) electrons. The average molecular weight is 499 g/mol. The smallest absolute Gasteiger partial charge is 0.191 e. The Labute approximate surface area is 185 Å². The van der Waals surface area contributed by atoms with Crippen LogP contribution in [0, 0.1) is 11.8 Å². The minimum absolute atomic E-state index is 0. The topological polar surface area (TPSA) is 69.8 Å². The average Bonchev–Trinajstić information content (AvgIpc) is 3.09. The van der Waals surface area contributed by atoms with Crippen molar-refractivity contribution in [2.45, 2.75) is 46.2 Å². The second-order valence-electron chi connectivity index (χ2n) is 7.88. The lowest BCUT2D eigenvalue weighted by Gasteiger charge is -2.39. The third-order valence-electron chi connectivity index (χ3n) is 5.56. The molecule has 0 saturated carbocycles. The molecule has 0 amide bonds. The summed E-state index contributed by atoms with van der Waals surface area (Å²) in [6, 6.07) is 6.43. The van der Waals surface area contributed by atoms with Gasteiger partial charge in [0.15, 0.2) is 17.4 Å². The van der Waals surface area contributed by atoms with Crippen LogP contribution in [0.3, 0.4) is 0 Å². The highest BCUT2D eigenvalue weighted by Crippen LogP contribution is 2.21. The Bertz CT molecular complexity index is 750. The van der Waals surface area contributed by atoms with E-state index in [0.29, 0.717) is 18.5 Å². The second kappa shape index (κ2) is 10.9. The molecule has 7 nitrogen and oxygen atoms in total. The Balaban J connectivity index is 0.00000280. The Morgan fingerprint density at radius 1 is 1.21 bits per heavy atom. The second-order valence-corrected chi connectivity index (χ2v) is 7.88. The third-order valence-corrected chi connectivity index (χ3v) is 5.56. The van der Waals surface area contributed by atoms with Gasteiger partial charge in [-0.25, -0.2) is 0 Å². The monoisotopic (exact) mass is 499 g/mol. The van der Waals surface area contributed by atoms with Crippen molar-refractivity contribution in [2.75, 3.05) is 26.7 Å². The van der Waals surface area contributed by atoms with Gasteiger partial charge in [0.2, 0.25) is 0 Å². The molecule has 2 aromatic rings. The van der Waals surface area contributed by atoms with Crippen LogP contribution in [0.15, 0.2) is 29.4 Å². The lowest BCUT2D eigenvalue weighted by Crippen LogP contribution is -2.51. The fraction of sp³-hybridized carbons (Fsp3) is 0.650. The zero-order valence-corrected chi connectivity index (χ0v) is 19.8. The molecule has 3 heterocycles. The molecule has 28 heavy (non-hydrogen) atoms. The predicted molar refractivity (Wildman–Crippen MR) is 125 cm³/mol. The SMILES string of the molecule is CN=C(NCc1nnc2ccccn12)NCC(C(C)C)N1CCC(C)CC1.I. The molecule has 1 aliphatic rings. The van der Waals surface area contributed by atoms with Crippen LogP contribution >= 0.6 is 24.0 Å². The minimum Gasteiger partial charge on any atom is -0.355 e. The van der Waals surface area contributed by atoms with Gasteiger partial charge < -0.3 is 10.6 Å². The maximum atomic E-state index is 4.37. The first-order valence-electron chi connectivity index (χ1n) is 10.1. The van der Waals surface area contributed by atoms with Gasteiger partial charge in [-0.15, -0.1) is 34.2 Å². The summed E-state index contributed by atoms with van der Waals surface area (Å²) in [5, 5.41) is 15.3. The van der Waals surface area contributed by atoms with Crippen molar-refractivity contribution in [3.05, 3.63) is 30.2 Å². The first kappa shape index (κ1) is 22.9. The molecule has 1 saturated heterocycles. The highest BCUT2D eigenvalue weighted by atomic mass is 127. The molecule has 0 bridgehead atoms. The number of pyridine rings is 1. The summed E-state index contributed by atoms with van der Waals surface area (Å²) < 4.78 is 1.99. The van der Waals surface area contributed by atoms with E-state index >= 15 is 0 Å². The molecule has 3 rings (SSSR count).